The number of carbonyl (C=O) groups excluding carboxylic acids is 3. The van der Waals surface area contributed by atoms with Crippen molar-refractivity contribution in [1.82, 2.24) is 4.90 Å². The molecule has 9 heteroatoms. The number of thioether (sulfide) groups is 1. The number of ether oxygens (including phenoxy) is 1. The summed E-state index contributed by atoms with van der Waals surface area (Å²) >= 11 is 0.711. The van der Waals surface area contributed by atoms with Crippen molar-refractivity contribution >= 4 is 40.9 Å². The zero-order valence-corrected chi connectivity index (χ0v) is 18.0. The molecule has 0 radical (unpaired) electrons. The molecule has 0 aliphatic carbocycles. The van der Waals surface area contributed by atoms with Gasteiger partial charge in [0, 0.05) is 11.6 Å². The quantitative estimate of drug-likeness (QED) is 0.500. The molecule has 3 rings (SSSR count). The van der Waals surface area contributed by atoms with Crippen LogP contribution in [-0.2, 0) is 14.3 Å². The minimum atomic E-state index is -1.05. The highest BCUT2D eigenvalue weighted by Gasteiger charge is 2.37. The van der Waals surface area contributed by atoms with Crippen LogP contribution in [0.3, 0.4) is 0 Å². The van der Waals surface area contributed by atoms with E-state index in [1.807, 2.05) is 20.8 Å². The Hall–Kier alpha value is -3.33. The minimum Gasteiger partial charge on any atom is -0.478 e. The third-order valence-electron chi connectivity index (χ3n) is 4.39. The molecule has 1 aliphatic heterocycles. The van der Waals surface area contributed by atoms with E-state index in [0.717, 1.165) is 10.5 Å². The van der Waals surface area contributed by atoms with Gasteiger partial charge in [0.15, 0.2) is 0 Å². The summed E-state index contributed by atoms with van der Waals surface area (Å²) in [5.41, 5.74) is 1.57. The number of amides is 2. The van der Waals surface area contributed by atoms with E-state index in [0.29, 0.717) is 28.8 Å². The summed E-state index contributed by atoms with van der Waals surface area (Å²) < 4.78 is 10.8. The van der Waals surface area contributed by atoms with Crippen molar-refractivity contribution in [3.05, 3.63) is 52.1 Å². The number of hydrogen-bond donors (Lipinski definition) is 1. The molecule has 1 aliphatic rings. The molecule has 2 heterocycles. The van der Waals surface area contributed by atoms with Gasteiger partial charge in [-0.15, -0.1) is 0 Å². The van der Waals surface area contributed by atoms with Crippen LogP contribution in [-0.4, -0.2) is 46.2 Å². The molecule has 1 aromatic carbocycles. The topological polar surface area (TPSA) is 114 Å². The molecule has 1 saturated heterocycles. The first-order valence-corrected chi connectivity index (χ1v) is 10.3. The molecule has 162 valence electrons. The second-order valence-electron chi connectivity index (χ2n) is 7.38. The van der Waals surface area contributed by atoms with Gasteiger partial charge in [-0.1, -0.05) is 19.9 Å². The second-order valence-corrected chi connectivity index (χ2v) is 8.37. The summed E-state index contributed by atoms with van der Waals surface area (Å²) in [6.07, 6.45) is 1.42. The first kappa shape index (κ1) is 22.4. The summed E-state index contributed by atoms with van der Waals surface area (Å²) in [6.45, 7) is 5.36. The van der Waals surface area contributed by atoms with E-state index >= 15 is 0 Å². The number of nitrogens with zero attached hydrogens (tertiary/aromatic N) is 1. The fraction of sp³-hybridized carbons (Fsp3) is 0.273. The molecule has 0 spiro atoms. The molecule has 1 aromatic heterocycles. The number of aromatic carboxylic acids is 1. The van der Waals surface area contributed by atoms with Crippen LogP contribution < -0.4 is 0 Å². The highest BCUT2D eigenvalue weighted by molar-refractivity contribution is 8.18. The van der Waals surface area contributed by atoms with Crippen LogP contribution in [0.5, 0.6) is 0 Å². The lowest BCUT2D eigenvalue weighted by atomic mass is 10.0. The number of esters is 1. The lowest BCUT2D eigenvalue weighted by Gasteiger charge is -2.12. The van der Waals surface area contributed by atoms with E-state index in [2.05, 4.69) is 0 Å². The van der Waals surface area contributed by atoms with Crippen LogP contribution in [0.4, 0.5) is 4.79 Å². The van der Waals surface area contributed by atoms with Gasteiger partial charge in [-0.05, 0) is 54.4 Å². The molecule has 31 heavy (non-hydrogen) atoms. The Bertz CT molecular complexity index is 1080. The third kappa shape index (κ3) is 5.24. The maximum Gasteiger partial charge on any atom is 0.335 e. The molecule has 2 aromatic rings. The molecule has 1 fully saturated rings. The fourth-order valence-corrected chi connectivity index (χ4v) is 3.61. The van der Waals surface area contributed by atoms with Crippen LogP contribution >= 0.6 is 11.8 Å². The lowest BCUT2D eigenvalue weighted by molar-refractivity contribution is -0.147. The summed E-state index contributed by atoms with van der Waals surface area (Å²) in [5.74, 6) is -1.39. The largest absolute Gasteiger partial charge is 0.478 e. The van der Waals surface area contributed by atoms with Crippen LogP contribution in [0.2, 0.25) is 0 Å². The Morgan fingerprint density at radius 3 is 2.65 bits per heavy atom. The van der Waals surface area contributed by atoms with Crippen molar-refractivity contribution in [3.63, 3.8) is 0 Å². The molecule has 2 amide bonds. The summed E-state index contributed by atoms with van der Waals surface area (Å²) in [4.78, 5) is 48.8. The summed E-state index contributed by atoms with van der Waals surface area (Å²) in [7, 11) is 0. The highest BCUT2D eigenvalue weighted by Crippen LogP contribution is 2.34. The summed E-state index contributed by atoms with van der Waals surface area (Å²) in [5, 5.41) is 8.63. The maximum atomic E-state index is 12.5. The molecule has 0 unspecified atom stereocenters. The Morgan fingerprint density at radius 2 is 1.97 bits per heavy atom. The molecular weight excluding hydrogens is 422 g/mol. The van der Waals surface area contributed by atoms with E-state index in [1.165, 1.54) is 18.2 Å². The van der Waals surface area contributed by atoms with Crippen LogP contribution in [0.15, 0.2) is 39.7 Å². The number of furan rings is 1. The molecular formula is C22H21NO7S. The van der Waals surface area contributed by atoms with Gasteiger partial charge >= 0.3 is 11.9 Å². The average Bonchev–Trinajstić information content (AvgIpc) is 3.27. The van der Waals surface area contributed by atoms with Gasteiger partial charge in [0.25, 0.3) is 11.1 Å². The van der Waals surface area contributed by atoms with Crippen molar-refractivity contribution < 1.29 is 33.4 Å². The Kier molecular flexibility index (Phi) is 6.65. The number of carboxylic acids is 1. The number of benzene rings is 1. The highest BCUT2D eigenvalue weighted by atomic mass is 32.2. The number of carbonyl (C=O) groups is 4. The van der Waals surface area contributed by atoms with Crippen molar-refractivity contribution in [2.45, 2.75) is 20.8 Å². The molecule has 1 N–H and O–H groups in total. The zero-order chi connectivity index (χ0) is 22.7. The van der Waals surface area contributed by atoms with E-state index < -0.39 is 29.6 Å². The smallest absolute Gasteiger partial charge is 0.335 e. The van der Waals surface area contributed by atoms with Gasteiger partial charge in [0.1, 0.15) is 18.1 Å². The van der Waals surface area contributed by atoms with E-state index in [9.17, 15) is 24.3 Å². The van der Waals surface area contributed by atoms with Crippen LogP contribution in [0, 0.1) is 12.8 Å². The van der Waals surface area contributed by atoms with E-state index in [-0.39, 0.29) is 23.0 Å². The SMILES string of the molecule is Cc1ccc(C(=O)O)cc1-c1ccc(/C=C2\SC(=O)N(CC(=O)OCC(C)C)C2=O)o1. The standard InChI is InChI=1S/C22H21NO7S/c1-12(2)11-29-19(24)10-23-20(25)18(31-22(23)28)9-15-6-7-17(30-15)16-8-14(21(26)27)5-4-13(16)3/h4-9,12H,10-11H2,1-3H3,(H,26,27)/b18-9-. The van der Waals surface area contributed by atoms with Gasteiger partial charge < -0.3 is 14.3 Å². The zero-order valence-electron chi connectivity index (χ0n) is 17.2. The van der Waals surface area contributed by atoms with Gasteiger partial charge in [-0.2, -0.15) is 0 Å². The number of carboxylic acid groups (broad SMARTS) is 1. The van der Waals surface area contributed by atoms with Crippen molar-refractivity contribution in [2.24, 2.45) is 5.92 Å². The Balaban J connectivity index is 1.77. The first-order valence-electron chi connectivity index (χ1n) is 9.51. The number of hydrogen-bond acceptors (Lipinski definition) is 7. The Morgan fingerprint density at radius 1 is 1.23 bits per heavy atom. The first-order chi connectivity index (χ1) is 14.7. The van der Waals surface area contributed by atoms with Crippen molar-refractivity contribution in [2.75, 3.05) is 13.2 Å². The molecule has 0 bridgehead atoms. The number of aryl methyl sites for hydroxylation is 1. The summed E-state index contributed by atoms with van der Waals surface area (Å²) in [6, 6.07) is 7.98. The predicted molar refractivity (Wildman–Crippen MR) is 114 cm³/mol. The Labute approximate surface area is 182 Å². The van der Waals surface area contributed by atoms with Crippen molar-refractivity contribution in [3.8, 4) is 11.3 Å². The molecule has 8 nitrogen and oxygen atoms in total. The van der Waals surface area contributed by atoms with Gasteiger partial charge in [0.2, 0.25) is 0 Å². The van der Waals surface area contributed by atoms with Gasteiger partial charge in [-0.25, -0.2) is 4.79 Å². The van der Waals surface area contributed by atoms with Crippen molar-refractivity contribution in [1.29, 1.82) is 0 Å². The third-order valence-corrected chi connectivity index (χ3v) is 5.30. The monoisotopic (exact) mass is 443 g/mol. The van der Waals surface area contributed by atoms with Gasteiger partial charge in [-0.3, -0.25) is 19.3 Å². The predicted octanol–water partition coefficient (Wildman–Crippen LogP) is 4.19. The number of imide groups is 1. The maximum absolute atomic E-state index is 12.5. The number of rotatable bonds is 7. The lowest BCUT2D eigenvalue weighted by Crippen LogP contribution is -2.34. The molecule has 0 atom stereocenters. The van der Waals surface area contributed by atoms with E-state index in [1.54, 1.807) is 18.2 Å². The van der Waals surface area contributed by atoms with Crippen LogP contribution in [0.25, 0.3) is 17.4 Å². The average molecular weight is 443 g/mol. The normalized spacial score (nSPS) is 15.2. The van der Waals surface area contributed by atoms with E-state index in [4.69, 9.17) is 9.15 Å². The second kappa shape index (κ2) is 9.22. The minimum absolute atomic E-state index is 0.124. The van der Waals surface area contributed by atoms with Gasteiger partial charge in [0.05, 0.1) is 17.1 Å². The fourth-order valence-electron chi connectivity index (χ4n) is 2.80. The molecule has 0 saturated carbocycles. The van der Waals surface area contributed by atoms with Crippen LogP contribution in [0.1, 0.15) is 35.5 Å².